The zero-order chi connectivity index (χ0) is 16.1. The number of nitrogens with zero attached hydrogens (tertiary/aromatic N) is 3. The van der Waals surface area contributed by atoms with Crippen LogP contribution in [0.1, 0.15) is 59.9 Å². The third-order valence-corrected chi connectivity index (χ3v) is 3.80. The van der Waals surface area contributed by atoms with E-state index in [0.29, 0.717) is 31.0 Å². The zero-order valence-electron chi connectivity index (χ0n) is 13.5. The van der Waals surface area contributed by atoms with Crippen LogP contribution in [0.2, 0.25) is 0 Å². The summed E-state index contributed by atoms with van der Waals surface area (Å²) < 4.78 is 1.78. The lowest BCUT2D eigenvalue weighted by molar-refractivity contribution is 0.0978. The first kappa shape index (κ1) is 16.1. The van der Waals surface area contributed by atoms with E-state index >= 15 is 0 Å². The van der Waals surface area contributed by atoms with Crippen LogP contribution < -0.4 is 0 Å². The van der Waals surface area contributed by atoms with Gasteiger partial charge >= 0.3 is 0 Å². The Bertz CT molecular complexity index is 653. The predicted molar refractivity (Wildman–Crippen MR) is 88.2 cm³/mol. The molecule has 0 atom stereocenters. The summed E-state index contributed by atoms with van der Waals surface area (Å²) >= 11 is 0. The lowest BCUT2D eigenvalue weighted by atomic mass is 10.0. The highest BCUT2D eigenvalue weighted by Crippen LogP contribution is 2.16. The van der Waals surface area contributed by atoms with Crippen molar-refractivity contribution in [2.24, 2.45) is 0 Å². The minimum atomic E-state index is 0.0267. The number of benzene rings is 1. The van der Waals surface area contributed by atoms with E-state index < -0.39 is 0 Å². The Balaban J connectivity index is 2.12. The fourth-order valence-corrected chi connectivity index (χ4v) is 2.30. The van der Waals surface area contributed by atoms with E-state index in [-0.39, 0.29) is 5.78 Å². The maximum atomic E-state index is 12.0. The Labute approximate surface area is 131 Å². The molecule has 1 aromatic heterocycles. The molecule has 0 N–H and O–H groups in total. The topological polar surface area (TPSA) is 47.8 Å². The number of allylic oxidation sites excluding steroid dienone is 1. The van der Waals surface area contributed by atoms with Gasteiger partial charge in [0.25, 0.3) is 0 Å². The Morgan fingerprint density at radius 3 is 2.59 bits per heavy atom. The highest BCUT2D eigenvalue weighted by molar-refractivity contribution is 5.95. The van der Waals surface area contributed by atoms with Crippen molar-refractivity contribution in [3.05, 3.63) is 59.4 Å². The van der Waals surface area contributed by atoms with Gasteiger partial charge in [0.2, 0.25) is 0 Å². The van der Waals surface area contributed by atoms with E-state index in [1.165, 1.54) is 5.56 Å². The minimum Gasteiger partial charge on any atom is -0.292 e. The first-order valence-corrected chi connectivity index (χ1v) is 7.66. The van der Waals surface area contributed by atoms with Crippen LogP contribution >= 0.6 is 0 Å². The van der Waals surface area contributed by atoms with Gasteiger partial charge in [-0.05, 0) is 30.4 Å². The molecule has 0 aliphatic rings. The number of rotatable bonds is 7. The van der Waals surface area contributed by atoms with Gasteiger partial charge < -0.3 is 0 Å². The lowest BCUT2D eigenvalue weighted by Gasteiger charge is -2.08. The molecule has 0 aliphatic carbocycles. The molecule has 116 valence electrons. The Morgan fingerprint density at radius 2 is 2.00 bits per heavy atom. The third-order valence-electron chi connectivity index (χ3n) is 3.80. The monoisotopic (exact) mass is 297 g/mol. The Morgan fingerprint density at radius 1 is 1.32 bits per heavy atom. The summed E-state index contributed by atoms with van der Waals surface area (Å²) in [6, 6.07) is 8.50. The molecule has 2 aromatic rings. The maximum Gasteiger partial charge on any atom is 0.185 e. The summed E-state index contributed by atoms with van der Waals surface area (Å²) in [7, 11) is 0. The molecule has 2 rings (SSSR count). The molecule has 0 radical (unpaired) electrons. The summed E-state index contributed by atoms with van der Waals surface area (Å²) in [5.74, 6) is 0.551. The number of carbonyl (C=O) groups excluding carboxylic acids is 1. The number of hydrogen-bond acceptors (Lipinski definition) is 3. The fraction of sp³-hybridized carbons (Fsp3) is 0.389. The van der Waals surface area contributed by atoms with Gasteiger partial charge in [0.15, 0.2) is 11.5 Å². The van der Waals surface area contributed by atoms with Crippen LogP contribution in [0.25, 0.3) is 0 Å². The van der Waals surface area contributed by atoms with Gasteiger partial charge in [-0.1, -0.05) is 49.4 Å². The van der Waals surface area contributed by atoms with Crippen molar-refractivity contribution >= 4 is 5.78 Å². The highest BCUT2D eigenvalue weighted by atomic mass is 16.1. The van der Waals surface area contributed by atoms with Crippen molar-refractivity contribution in [2.45, 2.75) is 46.1 Å². The summed E-state index contributed by atoms with van der Waals surface area (Å²) in [6.07, 6.45) is 2.85. The van der Waals surface area contributed by atoms with E-state index in [2.05, 4.69) is 55.0 Å². The van der Waals surface area contributed by atoms with Crippen LogP contribution in [-0.2, 0) is 6.54 Å². The molecule has 0 saturated heterocycles. The first-order chi connectivity index (χ1) is 10.5. The van der Waals surface area contributed by atoms with Crippen LogP contribution in [0.5, 0.6) is 0 Å². The SMILES string of the molecule is C=CCCC(=O)c1nnn(Cc2ccc(C(C)C)cc2)c1C. The number of Topliss-reactive ketones (excluding diaryl/α,β-unsaturated/α-hetero) is 1. The van der Waals surface area contributed by atoms with Crippen LogP contribution in [0.3, 0.4) is 0 Å². The molecule has 4 nitrogen and oxygen atoms in total. The summed E-state index contributed by atoms with van der Waals surface area (Å²) in [5.41, 5.74) is 3.77. The van der Waals surface area contributed by atoms with E-state index in [1.54, 1.807) is 10.8 Å². The van der Waals surface area contributed by atoms with Crippen molar-refractivity contribution < 1.29 is 4.79 Å². The molecule has 0 aliphatic heterocycles. The average molecular weight is 297 g/mol. The van der Waals surface area contributed by atoms with Crippen LogP contribution in [0.4, 0.5) is 0 Å². The summed E-state index contributed by atoms with van der Waals surface area (Å²) in [5, 5.41) is 8.16. The van der Waals surface area contributed by atoms with Crippen LogP contribution in [0.15, 0.2) is 36.9 Å². The number of hydrogen-bond donors (Lipinski definition) is 0. The van der Waals surface area contributed by atoms with E-state index in [0.717, 1.165) is 11.3 Å². The Hall–Kier alpha value is -2.23. The molecule has 0 unspecified atom stereocenters. The van der Waals surface area contributed by atoms with Gasteiger partial charge in [-0.2, -0.15) is 0 Å². The highest BCUT2D eigenvalue weighted by Gasteiger charge is 2.15. The molecular weight excluding hydrogens is 274 g/mol. The van der Waals surface area contributed by atoms with Crippen molar-refractivity contribution in [3.63, 3.8) is 0 Å². The summed E-state index contributed by atoms with van der Waals surface area (Å²) in [4.78, 5) is 12.0. The van der Waals surface area contributed by atoms with Crippen molar-refractivity contribution in [1.82, 2.24) is 15.0 Å². The number of aromatic nitrogens is 3. The number of carbonyl (C=O) groups is 1. The van der Waals surface area contributed by atoms with E-state index in [9.17, 15) is 4.79 Å². The number of ketones is 1. The molecule has 4 heteroatoms. The fourth-order valence-electron chi connectivity index (χ4n) is 2.30. The van der Waals surface area contributed by atoms with Gasteiger partial charge in [0, 0.05) is 6.42 Å². The second-order valence-electron chi connectivity index (χ2n) is 5.83. The van der Waals surface area contributed by atoms with Crippen LogP contribution in [-0.4, -0.2) is 20.8 Å². The molecule has 22 heavy (non-hydrogen) atoms. The predicted octanol–water partition coefficient (Wildman–Crippen LogP) is 3.91. The third kappa shape index (κ3) is 3.70. The lowest BCUT2D eigenvalue weighted by Crippen LogP contribution is -2.06. The smallest absolute Gasteiger partial charge is 0.185 e. The molecular formula is C18H23N3O. The molecule has 1 heterocycles. The largest absolute Gasteiger partial charge is 0.292 e. The normalized spacial score (nSPS) is 10.9. The van der Waals surface area contributed by atoms with E-state index in [4.69, 9.17) is 0 Å². The first-order valence-electron chi connectivity index (χ1n) is 7.66. The van der Waals surface area contributed by atoms with Gasteiger partial charge in [0.1, 0.15) is 0 Å². The Kier molecular flexibility index (Phi) is 5.26. The molecule has 0 bridgehead atoms. The molecule has 0 fully saturated rings. The second kappa shape index (κ2) is 7.16. The standard InChI is InChI=1S/C18H23N3O/c1-5-6-7-17(22)18-14(4)21(20-19-18)12-15-8-10-16(11-9-15)13(2)3/h5,8-11,13H,1,6-7,12H2,2-4H3. The van der Waals surface area contributed by atoms with E-state index in [1.807, 2.05) is 6.92 Å². The van der Waals surface area contributed by atoms with Gasteiger partial charge in [-0.15, -0.1) is 11.7 Å². The van der Waals surface area contributed by atoms with Gasteiger partial charge in [0.05, 0.1) is 12.2 Å². The maximum absolute atomic E-state index is 12.0. The molecule has 0 amide bonds. The molecule has 0 spiro atoms. The van der Waals surface area contributed by atoms with Crippen LogP contribution in [0, 0.1) is 6.92 Å². The zero-order valence-corrected chi connectivity index (χ0v) is 13.5. The quantitative estimate of drug-likeness (QED) is 0.575. The van der Waals surface area contributed by atoms with Crippen molar-refractivity contribution in [1.29, 1.82) is 0 Å². The van der Waals surface area contributed by atoms with Crippen molar-refractivity contribution in [3.8, 4) is 0 Å². The van der Waals surface area contributed by atoms with Gasteiger partial charge in [-0.25, -0.2) is 4.68 Å². The summed E-state index contributed by atoms with van der Waals surface area (Å²) in [6.45, 7) is 10.5. The second-order valence-corrected chi connectivity index (χ2v) is 5.83. The van der Waals surface area contributed by atoms with Gasteiger partial charge in [-0.3, -0.25) is 4.79 Å². The average Bonchev–Trinajstić information content (AvgIpc) is 2.86. The van der Waals surface area contributed by atoms with Crippen molar-refractivity contribution in [2.75, 3.05) is 0 Å². The molecule has 1 aromatic carbocycles. The minimum absolute atomic E-state index is 0.0267. The molecule has 0 saturated carbocycles.